The van der Waals surface area contributed by atoms with Crippen LogP contribution in [0.5, 0.6) is 0 Å². The van der Waals surface area contributed by atoms with E-state index in [9.17, 15) is 5.02 Å². The third-order valence-electron chi connectivity index (χ3n) is 3.37. The molecule has 1 heterocycles. The molecule has 1 aliphatic heterocycles. The number of hydrogen-bond acceptors (Lipinski definition) is 3. The Morgan fingerprint density at radius 3 is 2.68 bits per heavy atom. The Kier molecular flexibility index (Phi) is 3.64. The number of nitrogens with one attached hydrogen (secondary N) is 1. The Morgan fingerprint density at radius 1 is 1.05 bits per heavy atom. The van der Waals surface area contributed by atoms with Crippen LogP contribution in [-0.4, -0.2) is 12.1 Å². The van der Waals surface area contributed by atoms with E-state index in [2.05, 4.69) is 23.5 Å². The minimum atomic E-state index is -0.760. The molecule has 2 aromatic rings. The highest BCUT2D eigenvalue weighted by atomic mass is 16.5. The lowest BCUT2D eigenvalue weighted by Crippen LogP contribution is -2.28. The SMILES string of the molecule is OB1OCc2ccc(CNCc3ccccc3)cc21. The summed E-state index contributed by atoms with van der Waals surface area (Å²) in [5.41, 5.74) is 4.42. The van der Waals surface area contributed by atoms with Crippen molar-refractivity contribution in [3.63, 3.8) is 0 Å². The van der Waals surface area contributed by atoms with Crippen LogP contribution in [0.3, 0.4) is 0 Å². The van der Waals surface area contributed by atoms with Gasteiger partial charge in [0.1, 0.15) is 0 Å². The second-order valence-electron chi connectivity index (χ2n) is 4.79. The number of hydrogen-bond donors (Lipinski definition) is 2. The van der Waals surface area contributed by atoms with Gasteiger partial charge in [0.05, 0.1) is 6.61 Å². The third-order valence-corrected chi connectivity index (χ3v) is 3.37. The first-order valence-electron chi connectivity index (χ1n) is 6.49. The zero-order valence-corrected chi connectivity index (χ0v) is 10.7. The van der Waals surface area contributed by atoms with E-state index in [1.165, 1.54) is 11.1 Å². The number of rotatable bonds is 4. The van der Waals surface area contributed by atoms with Gasteiger partial charge in [0.2, 0.25) is 0 Å². The Labute approximate surface area is 113 Å². The van der Waals surface area contributed by atoms with E-state index in [-0.39, 0.29) is 0 Å². The van der Waals surface area contributed by atoms with Crippen LogP contribution in [0.15, 0.2) is 48.5 Å². The maximum absolute atomic E-state index is 9.67. The topological polar surface area (TPSA) is 41.5 Å². The Morgan fingerprint density at radius 2 is 1.84 bits per heavy atom. The van der Waals surface area contributed by atoms with Crippen LogP contribution >= 0.6 is 0 Å². The summed E-state index contributed by atoms with van der Waals surface area (Å²) in [6, 6.07) is 16.4. The van der Waals surface area contributed by atoms with E-state index >= 15 is 0 Å². The Bertz CT molecular complexity index is 559. The van der Waals surface area contributed by atoms with Gasteiger partial charge in [-0.3, -0.25) is 0 Å². The lowest BCUT2D eigenvalue weighted by molar-refractivity contribution is 0.275. The van der Waals surface area contributed by atoms with Crippen LogP contribution in [0, 0.1) is 0 Å². The lowest BCUT2D eigenvalue weighted by atomic mass is 9.79. The minimum Gasteiger partial charge on any atom is -0.423 e. The average molecular weight is 253 g/mol. The molecule has 0 radical (unpaired) electrons. The molecule has 0 saturated heterocycles. The van der Waals surface area contributed by atoms with E-state index in [0.717, 1.165) is 24.1 Å². The summed E-state index contributed by atoms with van der Waals surface area (Å²) in [5, 5.41) is 13.1. The van der Waals surface area contributed by atoms with Crippen molar-refractivity contribution in [3.05, 3.63) is 65.2 Å². The summed E-state index contributed by atoms with van der Waals surface area (Å²) in [4.78, 5) is 0. The maximum atomic E-state index is 9.67. The molecular weight excluding hydrogens is 237 g/mol. The third kappa shape index (κ3) is 2.87. The van der Waals surface area contributed by atoms with Crippen molar-refractivity contribution in [1.29, 1.82) is 0 Å². The molecule has 2 N–H and O–H groups in total. The Hall–Kier alpha value is -1.62. The van der Waals surface area contributed by atoms with E-state index in [1.807, 2.05) is 30.3 Å². The van der Waals surface area contributed by atoms with Crippen molar-refractivity contribution in [2.24, 2.45) is 0 Å². The molecular formula is C15H16BNO2. The molecule has 0 atom stereocenters. The molecule has 1 aliphatic rings. The molecule has 0 spiro atoms. The second kappa shape index (κ2) is 5.57. The highest BCUT2D eigenvalue weighted by Gasteiger charge is 2.26. The molecule has 0 unspecified atom stereocenters. The quantitative estimate of drug-likeness (QED) is 0.804. The minimum absolute atomic E-state index is 0.508. The summed E-state index contributed by atoms with van der Waals surface area (Å²) in [6.07, 6.45) is 0. The first-order chi connectivity index (χ1) is 9.33. The van der Waals surface area contributed by atoms with E-state index < -0.39 is 7.12 Å². The molecule has 0 aliphatic carbocycles. The average Bonchev–Trinajstić information content (AvgIpc) is 2.82. The molecule has 0 fully saturated rings. The van der Waals surface area contributed by atoms with Gasteiger partial charge in [0, 0.05) is 13.1 Å². The van der Waals surface area contributed by atoms with Crippen molar-refractivity contribution in [2.45, 2.75) is 19.7 Å². The monoisotopic (exact) mass is 253 g/mol. The van der Waals surface area contributed by atoms with Gasteiger partial charge in [0.25, 0.3) is 0 Å². The fourth-order valence-corrected chi connectivity index (χ4v) is 2.32. The zero-order chi connectivity index (χ0) is 13.1. The maximum Gasteiger partial charge on any atom is 0.491 e. The fourth-order valence-electron chi connectivity index (χ4n) is 2.32. The van der Waals surface area contributed by atoms with E-state index in [1.54, 1.807) is 0 Å². The molecule has 0 saturated carbocycles. The number of benzene rings is 2. The van der Waals surface area contributed by atoms with Crippen LogP contribution in [-0.2, 0) is 24.4 Å². The predicted molar refractivity (Wildman–Crippen MR) is 75.8 cm³/mol. The molecule has 3 nitrogen and oxygen atoms in total. The molecule has 0 bridgehead atoms. The van der Waals surface area contributed by atoms with Gasteiger partial charge in [-0.05, 0) is 22.2 Å². The van der Waals surface area contributed by atoms with Crippen molar-refractivity contribution in [3.8, 4) is 0 Å². The van der Waals surface area contributed by atoms with Gasteiger partial charge >= 0.3 is 7.12 Å². The highest BCUT2D eigenvalue weighted by Crippen LogP contribution is 2.11. The standard InChI is InChI=1S/C15H16BNO2/c18-16-15-8-13(6-7-14(15)11-19-16)10-17-9-12-4-2-1-3-5-12/h1-8,17-18H,9-11H2. The van der Waals surface area contributed by atoms with Gasteiger partial charge in [-0.2, -0.15) is 0 Å². The van der Waals surface area contributed by atoms with Gasteiger partial charge < -0.3 is 15.0 Å². The normalized spacial score (nSPS) is 13.6. The van der Waals surface area contributed by atoms with Gasteiger partial charge in [-0.25, -0.2) is 0 Å². The van der Waals surface area contributed by atoms with Gasteiger partial charge in [0.15, 0.2) is 0 Å². The Balaban J connectivity index is 1.60. The molecule has 0 amide bonds. The van der Waals surface area contributed by atoms with E-state index in [4.69, 9.17) is 4.65 Å². The van der Waals surface area contributed by atoms with Crippen molar-refractivity contribution < 1.29 is 9.68 Å². The van der Waals surface area contributed by atoms with Crippen molar-refractivity contribution in [2.75, 3.05) is 0 Å². The van der Waals surface area contributed by atoms with Crippen LogP contribution in [0.25, 0.3) is 0 Å². The summed E-state index contributed by atoms with van der Waals surface area (Å²) < 4.78 is 5.19. The molecule has 19 heavy (non-hydrogen) atoms. The zero-order valence-electron chi connectivity index (χ0n) is 10.7. The highest BCUT2D eigenvalue weighted by molar-refractivity contribution is 6.61. The molecule has 2 aromatic carbocycles. The van der Waals surface area contributed by atoms with Crippen LogP contribution < -0.4 is 10.8 Å². The summed E-state index contributed by atoms with van der Waals surface area (Å²) in [7, 11) is -0.760. The largest absolute Gasteiger partial charge is 0.491 e. The number of fused-ring (bicyclic) bond motifs is 1. The van der Waals surface area contributed by atoms with Crippen LogP contribution in [0.1, 0.15) is 16.7 Å². The summed E-state index contributed by atoms with van der Waals surface area (Å²) in [5.74, 6) is 0. The van der Waals surface area contributed by atoms with Crippen molar-refractivity contribution >= 4 is 12.6 Å². The molecule has 4 heteroatoms. The molecule has 0 aromatic heterocycles. The van der Waals surface area contributed by atoms with E-state index in [0.29, 0.717) is 6.61 Å². The predicted octanol–water partition coefficient (Wildman–Crippen LogP) is 1.19. The summed E-state index contributed by atoms with van der Waals surface area (Å²) >= 11 is 0. The molecule has 3 rings (SSSR count). The van der Waals surface area contributed by atoms with Crippen LogP contribution in [0.2, 0.25) is 0 Å². The summed E-state index contributed by atoms with van der Waals surface area (Å²) in [6.45, 7) is 2.14. The van der Waals surface area contributed by atoms with Crippen LogP contribution in [0.4, 0.5) is 0 Å². The smallest absolute Gasteiger partial charge is 0.423 e. The lowest BCUT2D eigenvalue weighted by Gasteiger charge is -2.07. The first-order valence-corrected chi connectivity index (χ1v) is 6.49. The first kappa shape index (κ1) is 12.4. The van der Waals surface area contributed by atoms with Crippen molar-refractivity contribution in [1.82, 2.24) is 5.32 Å². The fraction of sp³-hybridized carbons (Fsp3) is 0.200. The van der Waals surface area contributed by atoms with Gasteiger partial charge in [-0.1, -0.05) is 48.5 Å². The van der Waals surface area contributed by atoms with Gasteiger partial charge in [-0.15, -0.1) is 0 Å². The second-order valence-corrected chi connectivity index (χ2v) is 4.79. The molecule has 96 valence electrons.